The summed E-state index contributed by atoms with van der Waals surface area (Å²) in [5.74, 6) is 0.691. The van der Waals surface area contributed by atoms with Crippen LogP contribution in [0.3, 0.4) is 0 Å². The fourth-order valence-electron chi connectivity index (χ4n) is 1.64. The van der Waals surface area contributed by atoms with Gasteiger partial charge in [-0.15, -0.1) is 0 Å². The summed E-state index contributed by atoms with van der Waals surface area (Å²) >= 11 is 0. The van der Waals surface area contributed by atoms with Gasteiger partial charge in [-0.05, 0) is 0 Å². The lowest BCUT2D eigenvalue weighted by atomic mass is 10.3. The molecule has 2 rings (SSSR count). The number of hydrogen-bond acceptors (Lipinski definition) is 5. The molecule has 0 radical (unpaired) electrons. The Balaban J connectivity index is 2.10. The van der Waals surface area contributed by atoms with Crippen LogP contribution in [-0.2, 0) is 27.2 Å². The van der Waals surface area contributed by atoms with E-state index in [9.17, 15) is 9.59 Å². The van der Waals surface area contributed by atoms with Crippen molar-refractivity contribution in [3.8, 4) is 0 Å². The van der Waals surface area contributed by atoms with Crippen LogP contribution < -0.4 is 16.6 Å². The summed E-state index contributed by atoms with van der Waals surface area (Å²) in [6, 6.07) is 0. The fraction of sp³-hybridized carbons (Fsp3) is 0.400. The van der Waals surface area contributed by atoms with E-state index in [-0.39, 0.29) is 11.2 Å². The Labute approximate surface area is 102 Å². The van der Waals surface area contributed by atoms with Gasteiger partial charge in [0, 0.05) is 32.4 Å². The minimum atomic E-state index is -0.334. The van der Waals surface area contributed by atoms with Crippen molar-refractivity contribution in [3.63, 3.8) is 0 Å². The van der Waals surface area contributed by atoms with Crippen molar-refractivity contribution in [1.29, 1.82) is 0 Å². The number of hydrogen-bond donors (Lipinski definition) is 2. The molecule has 18 heavy (non-hydrogen) atoms. The normalized spacial score (nSPS) is 10.8. The molecule has 0 amide bonds. The minimum absolute atomic E-state index is 0.289. The first-order chi connectivity index (χ1) is 8.59. The second-order valence-electron chi connectivity index (χ2n) is 3.95. The maximum Gasteiger partial charge on any atom is 0.330 e. The first kappa shape index (κ1) is 12.2. The summed E-state index contributed by atoms with van der Waals surface area (Å²) in [6.45, 7) is 0.841. The molecule has 0 saturated heterocycles. The Bertz CT molecular complexity index is 639. The van der Waals surface area contributed by atoms with Crippen LogP contribution in [0.2, 0.25) is 0 Å². The van der Waals surface area contributed by atoms with E-state index in [1.165, 1.54) is 24.1 Å². The van der Waals surface area contributed by atoms with Crippen LogP contribution in [0.15, 0.2) is 22.1 Å². The van der Waals surface area contributed by atoms with E-state index in [1.54, 1.807) is 7.05 Å². The lowest BCUT2D eigenvalue weighted by Crippen LogP contribution is -2.39. The van der Waals surface area contributed by atoms with Gasteiger partial charge in [-0.2, -0.15) is 5.10 Å². The highest BCUT2D eigenvalue weighted by Gasteiger charge is 2.06. The highest BCUT2D eigenvalue weighted by atomic mass is 16.2. The van der Waals surface area contributed by atoms with Crippen molar-refractivity contribution < 1.29 is 0 Å². The van der Waals surface area contributed by atoms with E-state index in [2.05, 4.69) is 20.5 Å². The van der Waals surface area contributed by atoms with Crippen LogP contribution >= 0.6 is 0 Å². The predicted molar refractivity (Wildman–Crippen MR) is 63.9 cm³/mol. The molecule has 0 aliphatic rings. The molecule has 0 fully saturated rings. The van der Waals surface area contributed by atoms with Crippen LogP contribution in [-0.4, -0.2) is 24.3 Å². The summed E-state index contributed by atoms with van der Waals surface area (Å²) in [5.41, 5.74) is -0.0960. The molecule has 0 atom stereocenters. The van der Waals surface area contributed by atoms with E-state index >= 15 is 0 Å². The molecule has 0 saturated carbocycles. The highest BCUT2D eigenvalue weighted by Crippen LogP contribution is 1.89. The Morgan fingerprint density at radius 3 is 2.78 bits per heavy atom. The topological polar surface area (TPSA) is 97.6 Å². The largest absolute Gasteiger partial charge is 0.330 e. The molecule has 0 bridgehead atoms. The van der Waals surface area contributed by atoms with Gasteiger partial charge in [0.2, 0.25) is 0 Å². The van der Waals surface area contributed by atoms with Gasteiger partial charge in [-0.1, -0.05) is 0 Å². The van der Waals surface area contributed by atoms with Crippen molar-refractivity contribution >= 4 is 0 Å². The summed E-state index contributed by atoms with van der Waals surface area (Å²) in [4.78, 5) is 27.2. The second kappa shape index (κ2) is 4.96. The molecule has 0 aromatic carbocycles. The Kier molecular flexibility index (Phi) is 3.38. The molecule has 0 spiro atoms. The minimum Gasteiger partial charge on any atom is -0.305 e. The van der Waals surface area contributed by atoms with Crippen LogP contribution in [0.5, 0.6) is 0 Å². The number of aromatic nitrogens is 5. The zero-order valence-corrected chi connectivity index (χ0v) is 10.2. The zero-order chi connectivity index (χ0) is 13.1. The number of H-pyrrole nitrogens is 1. The first-order valence-electron chi connectivity index (χ1n) is 5.40. The third-order valence-electron chi connectivity index (χ3n) is 2.59. The van der Waals surface area contributed by atoms with Crippen molar-refractivity contribution in [2.45, 2.75) is 13.1 Å². The lowest BCUT2D eigenvalue weighted by Gasteiger charge is -2.07. The van der Waals surface area contributed by atoms with Gasteiger partial charge in [0.15, 0.2) is 0 Å². The monoisotopic (exact) mass is 250 g/mol. The Hall–Kier alpha value is -2.22. The molecular weight excluding hydrogens is 236 g/mol. The van der Waals surface area contributed by atoms with Gasteiger partial charge < -0.3 is 9.88 Å². The molecule has 0 aliphatic heterocycles. The van der Waals surface area contributed by atoms with Gasteiger partial charge in [-0.25, -0.2) is 9.78 Å². The Morgan fingerprint density at radius 2 is 2.11 bits per heavy atom. The molecular formula is C10H14N6O2. The average Bonchev–Trinajstić information content (AvgIpc) is 2.86. The molecule has 0 unspecified atom stereocenters. The molecule has 96 valence electrons. The fourth-order valence-corrected chi connectivity index (χ4v) is 1.64. The number of nitrogens with zero attached hydrogens (tertiary/aromatic N) is 4. The molecule has 0 aliphatic carbocycles. The highest BCUT2D eigenvalue weighted by molar-refractivity contribution is 5.05. The van der Waals surface area contributed by atoms with Crippen LogP contribution in [0.4, 0.5) is 0 Å². The number of nitrogens with one attached hydrogen (secondary N) is 2. The number of rotatable bonds is 4. The van der Waals surface area contributed by atoms with Gasteiger partial charge in [-0.3, -0.25) is 14.5 Å². The van der Waals surface area contributed by atoms with E-state index in [0.29, 0.717) is 24.5 Å². The second-order valence-corrected chi connectivity index (χ2v) is 3.95. The predicted octanol–water partition coefficient (Wildman–Crippen LogP) is -1.51. The maximum absolute atomic E-state index is 11.8. The standard InChI is InChI=1S/C10H14N6O2/c1-15-5-7(9(17)16(2)10(15)18)3-11-4-8-12-6-13-14-8/h5-6,11H,3-4H2,1-2H3,(H,12,13,14). The number of aryl methyl sites for hydroxylation is 1. The third kappa shape index (κ3) is 2.38. The van der Waals surface area contributed by atoms with E-state index < -0.39 is 0 Å². The van der Waals surface area contributed by atoms with Crippen LogP contribution in [0.25, 0.3) is 0 Å². The average molecular weight is 250 g/mol. The molecule has 2 aromatic heterocycles. The molecule has 8 heteroatoms. The van der Waals surface area contributed by atoms with E-state index in [4.69, 9.17) is 0 Å². The lowest BCUT2D eigenvalue weighted by molar-refractivity contribution is 0.620. The molecule has 8 nitrogen and oxygen atoms in total. The molecule has 2 aromatic rings. The van der Waals surface area contributed by atoms with Gasteiger partial charge in [0.25, 0.3) is 5.56 Å². The SMILES string of the molecule is Cn1cc(CNCc2ncn[nH]2)c(=O)n(C)c1=O. The smallest absolute Gasteiger partial charge is 0.305 e. The van der Waals surface area contributed by atoms with Crippen molar-refractivity contribution in [1.82, 2.24) is 29.6 Å². The molecule has 2 N–H and O–H groups in total. The van der Waals surface area contributed by atoms with Crippen molar-refractivity contribution in [3.05, 3.63) is 44.8 Å². The van der Waals surface area contributed by atoms with E-state index in [1.807, 2.05) is 0 Å². The summed E-state index contributed by atoms with van der Waals surface area (Å²) in [6.07, 6.45) is 2.96. The van der Waals surface area contributed by atoms with Crippen LogP contribution in [0.1, 0.15) is 11.4 Å². The quantitative estimate of drug-likeness (QED) is 0.687. The third-order valence-corrected chi connectivity index (χ3v) is 2.59. The Morgan fingerprint density at radius 1 is 1.33 bits per heavy atom. The van der Waals surface area contributed by atoms with E-state index in [0.717, 1.165) is 4.57 Å². The van der Waals surface area contributed by atoms with Gasteiger partial charge >= 0.3 is 5.69 Å². The zero-order valence-electron chi connectivity index (χ0n) is 10.2. The first-order valence-corrected chi connectivity index (χ1v) is 5.40. The molecule has 2 heterocycles. The summed E-state index contributed by atoms with van der Waals surface area (Å²) < 4.78 is 2.47. The van der Waals surface area contributed by atoms with Gasteiger partial charge in [0.1, 0.15) is 12.2 Å². The number of aromatic amines is 1. The van der Waals surface area contributed by atoms with Crippen molar-refractivity contribution in [2.75, 3.05) is 0 Å². The maximum atomic E-state index is 11.8. The summed E-state index contributed by atoms with van der Waals surface area (Å²) in [5, 5.41) is 9.48. The van der Waals surface area contributed by atoms with Crippen molar-refractivity contribution in [2.24, 2.45) is 14.1 Å². The van der Waals surface area contributed by atoms with Gasteiger partial charge in [0.05, 0.1) is 6.54 Å². The summed E-state index contributed by atoms with van der Waals surface area (Å²) in [7, 11) is 3.08. The van der Waals surface area contributed by atoms with Crippen LogP contribution in [0, 0.1) is 0 Å².